The number of piperidine rings is 1. The first kappa shape index (κ1) is 15.9. The van der Waals surface area contributed by atoms with E-state index in [4.69, 9.17) is 5.73 Å². The van der Waals surface area contributed by atoms with Gasteiger partial charge >= 0.3 is 0 Å². The van der Waals surface area contributed by atoms with E-state index in [1.807, 2.05) is 13.1 Å². The second-order valence-electron chi connectivity index (χ2n) is 5.19. The van der Waals surface area contributed by atoms with Gasteiger partial charge in [-0.25, -0.2) is 13.1 Å². The molecule has 0 saturated carbocycles. The number of halogens is 1. The molecule has 0 amide bonds. The third kappa shape index (κ3) is 3.79. The topological polar surface area (TPSA) is 75.4 Å². The van der Waals surface area contributed by atoms with Crippen molar-refractivity contribution in [3.05, 3.63) is 28.2 Å². The van der Waals surface area contributed by atoms with Crippen LogP contribution in [0.1, 0.15) is 18.4 Å². The average Bonchev–Trinajstić information content (AvgIpc) is 2.38. The first-order valence-corrected chi connectivity index (χ1v) is 8.89. The fourth-order valence-corrected chi connectivity index (χ4v) is 4.70. The number of benzene rings is 1. The molecular weight excluding hydrogens is 342 g/mol. The van der Waals surface area contributed by atoms with Crippen LogP contribution in [0.15, 0.2) is 27.6 Å². The van der Waals surface area contributed by atoms with E-state index >= 15 is 0 Å². The van der Waals surface area contributed by atoms with Crippen LogP contribution in [0.3, 0.4) is 0 Å². The molecule has 1 aromatic rings. The fraction of sp³-hybridized carbons (Fsp3) is 0.538. The lowest BCUT2D eigenvalue weighted by atomic mass is 10.1. The molecule has 1 heterocycles. The molecule has 20 heavy (non-hydrogen) atoms. The van der Waals surface area contributed by atoms with Crippen LogP contribution in [0.25, 0.3) is 0 Å². The fourth-order valence-electron chi connectivity index (χ4n) is 2.43. The monoisotopic (exact) mass is 361 g/mol. The van der Waals surface area contributed by atoms with Crippen molar-refractivity contribution in [2.24, 2.45) is 5.73 Å². The molecule has 0 radical (unpaired) electrons. The second kappa shape index (κ2) is 6.53. The van der Waals surface area contributed by atoms with E-state index in [1.54, 1.807) is 12.1 Å². The molecular formula is C13H20BrN3O2S. The molecule has 1 saturated heterocycles. The zero-order valence-electron chi connectivity index (χ0n) is 11.5. The van der Waals surface area contributed by atoms with Gasteiger partial charge in [0.2, 0.25) is 10.0 Å². The van der Waals surface area contributed by atoms with Crippen LogP contribution in [0, 0.1) is 0 Å². The molecule has 1 fully saturated rings. The Morgan fingerprint density at radius 3 is 2.90 bits per heavy atom. The van der Waals surface area contributed by atoms with Gasteiger partial charge in [-0.1, -0.05) is 6.07 Å². The zero-order valence-corrected chi connectivity index (χ0v) is 13.9. The molecule has 1 unspecified atom stereocenters. The SMILES string of the molecule is CN1CCCC(NS(=O)(=O)c2cc(CN)ccc2Br)C1. The van der Waals surface area contributed by atoms with E-state index in [0.29, 0.717) is 11.0 Å². The molecule has 0 aromatic heterocycles. The standard InChI is InChI=1S/C13H20BrN3O2S/c1-17-6-2-3-11(9-17)16-20(18,19)13-7-10(8-15)4-5-12(13)14/h4-5,7,11,16H,2-3,6,8-9,15H2,1H3. The Balaban J connectivity index is 2.21. The molecule has 3 N–H and O–H groups in total. The third-order valence-corrected chi connectivity index (χ3v) is 5.98. The van der Waals surface area contributed by atoms with Crippen LogP contribution >= 0.6 is 15.9 Å². The minimum atomic E-state index is -3.53. The van der Waals surface area contributed by atoms with Gasteiger partial charge in [0.05, 0.1) is 4.90 Å². The summed E-state index contributed by atoms with van der Waals surface area (Å²) < 4.78 is 28.3. The van der Waals surface area contributed by atoms with Crippen molar-refractivity contribution in [2.75, 3.05) is 20.1 Å². The quantitative estimate of drug-likeness (QED) is 0.846. The van der Waals surface area contributed by atoms with Gasteiger partial charge in [-0.2, -0.15) is 0 Å². The van der Waals surface area contributed by atoms with Crippen molar-refractivity contribution >= 4 is 26.0 Å². The number of nitrogens with zero attached hydrogens (tertiary/aromatic N) is 1. The van der Waals surface area contributed by atoms with Gasteiger partial charge in [0.25, 0.3) is 0 Å². The molecule has 0 spiro atoms. The molecule has 2 rings (SSSR count). The zero-order chi connectivity index (χ0) is 14.8. The number of sulfonamides is 1. The van der Waals surface area contributed by atoms with Crippen LogP contribution in [0.2, 0.25) is 0 Å². The van der Waals surface area contributed by atoms with Crippen LogP contribution in [0.4, 0.5) is 0 Å². The van der Waals surface area contributed by atoms with Crippen molar-refractivity contribution in [3.63, 3.8) is 0 Å². The summed E-state index contributed by atoms with van der Waals surface area (Å²) >= 11 is 3.30. The van der Waals surface area contributed by atoms with Crippen molar-refractivity contribution in [2.45, 2.75) is 30.3 Å². The highest BCUT2D eigenvalue weighted by Gasteiger charge is 2.25. The van der Waals surface area contributed by atoms with E-state index in [1.165, 1.54) is 0 Å². The van der Waals surface area contributed by atoms with Crippen molar-refractivity contribution in [1.29, 1.82) is 0 Å². The van der Waals surface area contributed by atoms with Crippen LogP contribution < -0.4 is 10.5 Å². The molecule has 1 aromatic carbocycles. The van der Waals surface area contributed by atoms with Gasteiger partial charge in [-0.3, -0.25) is 0 Å². The third-order valence-electron chi connectivity index (χ3n) is 3.47. The molecule has 7 heteroatoms. The minimum absolute atomic E-state index is 0.0350. The lowest BCUT2D eigenvalue weighted by Gasteiger charge is -2.30. The predicted molar refractivity (Wildman–Crippen MR) is 82.9 cm³/mol. The highest BCUT2D eigenvalue weighted by atomic mass is 79.9. The van der Waals surface area contributed by atoms with Gasteiger partial charge in [-0.05, 0) is 60.1 Å². The van der Waals surface area contributed by atoms with Crippen LogP contribution in [-0.2, 0) is 16.6 Å². The number of nitrogens with two attached hydrogens (primary N) is 1. The normalized spacial score (nSPS) is 21.1. The van der Waals surface area contributed by atoms with Crippen molar-refractivity contribution in [1.82, 2.24) is 9.62 Å². The van der Waals surface area contributed by atoms with E-state index in [-0.39, 0.29) is 10.9 Å². The second-order valence-corrected chi connectivity index (χ2v) is 7.73. The summed E-state index contributed by atoms with van der Waals surface area (Å²) in [6.45, 7) is 2.08. The summed E-state index contributed by atoms with van der Waals surface area (Å²) in [5.74, 6) is 0. The first-order valence-electron chi connectivity index (χ1n) is 6.62. The number of nitrogens with one attached hydrogen (secondary N) is 1. The van der Waals surface area contributed by atoms with E-state index in [9.17, 15) is 8.42 Å². The summed E-state index contributed by atoms with van der Waals surface area (Å²) in [4.78, 5) is 2.40. The molecule has 0 aliphatic carbocycles. The smallest absolute Gasteiger partial charge is 0.241 e. The maximum Gasteiger partial charge on any atom is 0.241 e. The lowest BCUT2D eigenvalue weighted by molar-refractivity contribution is 0.242. The molecule has 0 bridgehead atoms. The number of hydrogen-bond acceptors (Lipinski definition) is 4. The van der Waals surface area contributed by atoms with Crippen molar-refractivity contribution < 1.29 is 8.42 Å². The maximum atomic E-state index is 12.5. The predicted octanol–water partition coefficient (Wildman–Crippen LogP) is 1.28. The number of likely N-dealkylation sites (N-methyl/N-ethyl adjacent to an activating group) is 1. The van der Waals surface area contributed by atoms with Crippen LogP contribution in [0.5, 0.6) is 0 Å². The summed E-state index contributed by atoms with van der Waals surface area (Å²) in [5, 5.41) is 0. The Hall–Kier alpha value is -0.470. The highest BCUT2D eigenvalue weighted by Crippen LogP contribution is 2.24. The van der Waals surface area contributed by atoms with E-state index in [0.717, 1.165) is 31.5 Å². The Labute approximate surface area is 128 Å². The van der Waals surface area contributed by atoms with Gasteiger partial charge < -0.3 is 10.6 Å². The highest BCUT2D eigenvalue weighted by molar-refractivity contribution is 9.10. The van der Waals surface area contributed by atoms with Gasteiger partial charge in [0.15, 0.2) is 0 Å². The minimum Gasteiger partial charge on any atom is -0.326 e. The Morgan fingerprint density at radius 2 is 2.25 bits per heavy atom. The maximum absolute atomic E-state index is 12.5. The Morgan fingerprint density at radius 1 is 1.50 bits per heavy atom. The van der Waals surface area contributed by atoms with Crippen molar-refractivity contribution in [3.8, 4) is 0 Å². The van der Waals surface area contributed by atoms with Crippen LogP contribution in [-0.4, -0.2) is 39.5 Å². The lowest BCUT2D eigenvalue weighted by Crippen LogP contribution is -2.46. The largest absolute Gasteiger partial charge is 0.326 e. The molecule has 1 atom stereocenters. The number of rotatable bonds is 4. The summed E-state index contributed by atoms with van der Waals surface area (Å²) in [5.41, 5.74) is 6.38. The molecule has 112 valence electrons. The molecule has 5 nitrogen and oxygen atoms in total. The summed E-state index contributed by atoms with van der Waals surface area (Å²) in [7, 11) is -1.52. The molecule has 1 aliphatic heterocycles. The summed E-state index contributed by atoms with van der Waals surface area (Å²) in [6, 6.07) is 5.13. The summed E-state index contributed by atoms with van der Waals surface area (Å²) in [6.07, 6.45) is 1.88. The van der Waals surface area contributed by atoms with E-state index in [2.05, 4.69) is 25.6 Å². The first-order chi connectivity index (χ1) is 9.42. The van der Waals surface area contributed by atoms with E-state index < -0.39 is 10.0 Å². The van der Waals surface area contributed by atoms with Gasteiger partial charge in [-0.15, -0.1) is 0 Å². The van der Waals surface area contributed by atoms with Gasteiger partial charge in [0, 0.05) is 23.6 Å². The average molecular weight is 362 g/mol. The number of hydrogen-bond donors (Lipinski definition) is 2. The Bertz CT molecular complexity index is 577. The van der Waals surface area contributed by atoms with Gasteiger partial charge in [0.1, 0.15) is 0 Å². The Kier molecular flexibility index (Phi) is 5.19. The number of likely N-dealkylation sites (tertiary alicyclic amines) is 1. The molecule has 1 aliphatic rings.